The molecule has 0 radical (unpaired) electrons. The monoisotopic (exact) mass is 636 g/mol. The molecular formula is C29H36N2O12S. The number of para-hydroxylation sites is 1. The van der Waals surface area contributed by atoms with Crippen LogP contribution in [0.25, 0.3) is 10.9 Å². The van der Waals surface area contributed by atoms with Gasteiger partial charge in [0.1, 0.15) is 28.8 Å². The van der Waals surface area contributed by atoms with E-state index >= 15 is 0 Å². The Morgan fingerprint density at radius 2 is 1.50 bits per heavy atom. The van der Waals surface area contributed by atoms with Gasteiger partial charge in [-0.3, -0.25) is 23.7 Å². The highest BCUT2D eigenvalue weighted by atomic mass is 32.2. The Hall–Kier alpha value is -4.11. The van der Waals surface area contributed by atoms with Crippen LogP contribution in [0, 0.1) is 0 Å². The van der Waals surface area contributed by atoms with Crippen LogP contribution in [0.2, 0.25) is 0 Å². The topological polar surface area (TPSA) is 178 Å². The summed E-state index contributed by atoms with van der Waals surface area (Å²) in [7, 11) is 0. The Balaban J connectivity index is 1.99. The van der Waals surface area contributed by atoms with Crippen molar-refractivity contribution in [2.45, 2.75) is 90.3 Å². The van der Waals surface area contributed by atoms with Crippen molar-refractivity contribution >= 4 is 57.7 Å². The van der Waals surface area contributed by atoms with Gasteiger partial charge in [0, 0.05) is 45.7 Å². The summed E-state index contributed by atoms with van der Waals surface area (Å²) in [5.74, 6) is -2.93. The molecule has 15 heteroatoms. The van der Waals surface area contributed by atoms with Crippen LogP contribution in [-0.2, 0) is 54.0 Å². The van der Waals surface area contributed by atoms with E-state index in [-0.39, 0.29) is 11.5 Å². The number of thioether (sulfide) groups is 1. The molecule has 0 bridgehead atoms. The first-order chi connectivity index (χ1) is 20.6. The molecule has 3 rings (SSSR count). The molecule has 0 spiro atoms. The smallest absolute Gasteiger partial charge is 0.419 e. The van der Waals surface area contributed by atoms with Crippen molar-refractivity contribution in [1.82, 2.24) is 4.57 Å². The van der Waals surface area contributed by atoms with E-state index in [0.29, 0.717) is 16.5 Å². The summed E-state index contributed by atoms with van der Waals surface area (Å²) in [6.45, 7) is 9.39. The first kappa shape index (κ1) is 34.4. The van der Waals surface area contributed by atoms with Gasteiger partial charge < -0.3 is 33.6 Å². The fourth-order valence-electron chi connectivity index (χ4n) is 4.53. The lowest BCUT2D eigenvalue weighted by Gasteiger charge is -2.44. The molecule has 1 N–H and O–H groups in total. The zero-order valence-corrected chi connectivity index (χ0v) is 26.2. The molecule has 1 aliphatic rings. The van der Waals surface area contributed by atoms with Crippen molar-refractivity contribution < 1.29 is 57.6 Å². The molecule has 0 unspecified atom stereocenters. The predicted molar refractivity (Wildman–Crippen MR) is 156 cm³/mol. The SMILES string of the molecule is CC(=O)OC[C@H]1O[C@@H](S/C(Cc2cn(C(=O)OC(C)(C)C)c3ccccc23)=N\O)[C@H](OC(C)=O)[C@@H](OC(C)=O)[C@@H]1OC(C)=O. The third-order valence-corrected chi connectivity index (χ3v) is 7.15. The van der Waals surface area contributed by atoms with Crippen LogP contribution in [0.15, 0.2) is 35.6 Å². The summed E-state index contributed by atoms with van der Waals surface area (Å²) in [4.78, 5) is 60.8. The number of rotatable bonds is 8. The van der Waals surface area contributed by atoms with Crippen molar-refractivity contribution in [3.05, 3.63) is 36.0 Å². The molecule has 0 saturated carbocycles. The van der Waals surface area contributed by atoms with Crippen LogP contribution < -0.4 is 0 Å². The highest BCUT2D eigenvalue weighted by molar-refractivity contribution is 8.14. The summed E-state index contributed by atoms with van der Waals surface area (Å²) in [6.07, 6.45) is -4.25. The molecule has 1 aromatic carbocycles. The van der Waals surface area contributed by atoms with Gasteiger partial charge in [-0.25, -0.2) is 4.79 Å². The number of benzene rings is 1. The summed E-state index contributed by atoms with van der Waals surface area (Å²) in [5, 5.41) is 14.2. The van der Waals surface area contributed by atoms with Gasteiger partial charge in [-0.05, 0) is 32.4 Å². The summed E-state index contributed by atoms with van der Waals surface area (Å²) in [6, 6.07) is 7.08. The molecule has 1 saturated heterocycles. The highest BCUT2D eigenvalue weighted by Crippen LogP contribution is 2.36. The van der Waals surface area contributed by atoms with Gasteiger partial charge >= 0.3 is 30.0 Å². The second-order valence-electron chi connectivity index (χ2n) is 10.9. The van der Waals surface area contributed by atoms with Gasteiger partial charge in [0.2, 0.25) is 0 Å². The second kappa shape index (κ2) is 14.6. The van der Waals surface area contributed by atoms with Crippen LogP contribution in [0.3, 0.4) is 0 Å². The number of nitrogens with zero attached hydrogens (tertiary/aromatic N) is 2. The Kier molecular flexibility index (Phi) is 11.4. The number of aromatic nitrogens is 1. The van der Waals surface area contributed by atoms with E-state index in [1.807, 2.05) is 0 Å². The number of carbonyl (C=O) groups is 5. The molecule has 5 atom stereocenters. The average molecular weight is 637 g/mol. The van der Waals surface area contributed by atoms with Crippen molar-refractivity contribution in [3.63, 3.8) is 0 Å². The van der Waals surface area contributed by atoms with Crippen molar-refractivity contribution in [1.29, 1.82) is 0 Å². The predicted octanol–water partition coefficient (Wildman–Crippen LogP) is 3.57. The Bertz CT molecular complexity index is 1430. The van der Waals surface area contributed by atoms with E-state index in [1.54, 1.807) is 51.2 Å². The van der Waals surface area contributed by atoms with Crippen LogP contribution in [0.5, 0.6) is 0 Å². The van der Waals surface area contributed by atoms with Crippen molar-refractivity contribution in [2.75, 3.05) is 6.61 Å². The van der Waals surface area contributed by atoms with E-state index < -0.39 is 72.0 Å². The number of hydrogen-bond donors (Lipinski definition) is 1. The van der Waals surface area contributed by atoms with E-state index in [1.165, 1.54) is 11.5 Å². The quantitative estimate of drug-likeness (QED) is 0.111. The number of oxime groups is 1. The van der Waals surface area contributed by atoms with Crippen LogP contribution in [0.4, 0.5) is 4.79 Å². The number of hydrogen-bond acceptors (Lipinski definition) is 14. The van der Waals surface area contributed by atoms with Gasteiger partial charge in [0.15, 0.2) is 18.3 Å². The summed E-state index contributed by atoms with van der Waals surface area (Å²) >= 11 is 0.839. The molecule has 2 aromatic rings. The molecule has 44 heavy (non-hydrogen) atoms. The molecule has 0 amide bonds. The highest BCUT2D eigenvalue weighted by Gasteiger charge is 2.52. The normalized spacial score (nSPS) is 22.2. The van der Waals surface area contributed by atoms with Crippen LogP contribution in [0.1, 0.15) is 54.0 Å². The zero-order valence-electron chi connectivity index (χ0n) is 25.4. The summed E-state index contributed by atoms with van der Waals surface area (Å²) in [5.41, 5.74) is -0.782. The maximum Gasteiger partial charge on any atom is 0.419 e. The van der Waals surface area contributed by atoms with Crippen molar-refractivity contribution in [2.24, 2.45) is 5.16 Å². The molecule has 14 nitrogen and oxygen atoms in total. The maximum absolute atomic E-state index is 13.0. The number of ether oxygens (including phenoxy) is 6. The Morgan fingerprint density at radius 3 is 2.07 bits per heavy atom. The molecule has 1 aliphatic heterocycles. The second-order valence-corrected chi connectivity index (χ2v) is 12.0. The standard InChI is InChI=1S/C29H36N2O12S/c1-15(32)38-14-22-24(39-16(2)33)25(40-17(3)34)26(41-18(4)35)27(42-22)44-23(30-37)12-19-13-31(28(36)43-29(5,6)7)21-11-9-8-10-20(19)21/h8-11,13,22,24-27,37H,12,14H2,1-7H3/b30-23-/t22-,24-,25+,26-,27+/m1/s1. The number of esters is 4. The zero-order chi connectivity index (χ0) is 32.8. The molecule has 1 fully saturated rings. The lowest BCUT2D eigenvalue weighted by molar-refractivity contribution is -0.237. The van der Waals surface area contributed by atoms with Crippen LogP contribution >= 0.6 is 11.8 Å². The molecule has 0 aliphatic carbocycles. The average Bonchev–Trinajstić information content (AvgIpc) is 3.27. The fraction of sp³-hybridized carbons (Fsp3) is 0.517. The molecule has 1 aromatic heterocycles. The maximum atomic E-state index is 13.0. The first-order valence-electron chi connectivity index (χ1n) is 13.6. The van der Waals surface area contributed by atoms with E-state index in [2.05, 4.69) is 5.16 Å². The number of fused-ring (bicyclic) bond motifs is 1. The van der Waals surface area contributed by atoms with Gasteiger partial charge in [0.25, 0.3) is 0 Å². The van der Waals surface area contributed by atoms with E-state index in [9.17, 15) is 29.2 Å². The van der Waals surface area contributed by atoms with E-state index in [0.717, 1.165) is 32.5 Å². The fourth-order valence-corrected chi connectivity index (χ4v) is 5.63. The number of carbonyl (C=O) groups excluding carboxylic acids is 5. The Morgan fingerprint density at radius 1 is 0.909 bits per heavy atom. The third-order valence-electron chi connectivity index (χ3n) is 6.04. The Labute approximate surface area is 257 Å². The van der Waals surface area contributed by atoms with Crippen molar-refractivity contribution in [3.8, 4) is 0 Å². The van der Waals surface area contributed by atoms with E-state index in [4.69, 9.17) is 28.4 Å². The molecule has 240 valence electrons. The minimum absolute atomic E-state index is 0.00957. The minimum Gasteiger partial charge on any atom is -0.463 e. The lowest BCUT2D eigenvalue weighted by Crippen LogP contribution is -2.61. The van der Waals surface area contributed by atoms with Crippen LogP contribution in [-0.4, -0.2) is 86.8 Å². The lowest BCUT2D eigenvalue weighted by atomic mass is 9.99. The van der Waals surface area contributed by atoms with Gasteiger partial charge in [-0.2, -0.15) is 0 Å². The largest absolute Gasteiger partial charge is 0.463 e. The van der Waals surface area contributed by atoms with Gasteiger partial charge in [0.05, 0.1) is 5.52 Å². The molecular weight excluding hydrogens is 600 g/mol. The summed E-state index contributed by atoms with van der Waals surface area (Å²) < 4.78 is 34.4. The minimum atomic E-state index is -1.37. The van der Waals surface area contributed by atoms with Gasteiger partial charge in [-0.15, -0.1) is 0 Å². The first-order valence-corrected chi connectivity index (χ1v) is 14.5. The van der Waals surface area contributed by atoms with Gasteiger partial charge in [-0.1, -0.05) is 35.1 Å². The molecule has 2 heterocycles. The third kappa shape index (κ3) is 9.19.